The third kappa shape index (κ3) is 4.05. The second-order valence-corrected chi connectivity index (χ2v) is 7.03. The third-order valence-corrected chi connectivity index (χ3v) is 5.15. The number of hydrogen-bond acceptors (Lipinski definition) is 3. The Hall–Kier alpha value is -1.57. The Morgan fingerprint density at radius 2 is 1.73 bits per heavy atom. The lowest BCUT2D eigenvalue weighted by molar-refractivity contribution is -0.137. The van der Waals surface area contributed by atoms with Crippen LogP contribution in [0, 0.1) is 0 Å². The first-order valence-electron chi connectivity index (χ1n) is 8.67. The van der Waals surface area contributed by atoms with Gasteiger partial charge in [0.25, 0.3) is 0 Å². The summed E-state index contributed by atoms with van der Waals surface area (Å²) < 4.78 is 38.2. The maximum absolute atomic E-state index is 12.7. The molecule has 2 saturated heterocycles. The molecule has 2 bridgehead atoms. The lowest BCUT2D eigenvalue weighted by atomic mass is 9.94. The minimum atomic E-state index is -4.31. The second kappa shape index (κ2) is 7.58. The van der Waals surface area contributed by atoms with Crippen molar-refractivity contribution in [3.05, 3.63) is 41.6 Å². The molecule has 2 aromatic rings. The molecular weight excluding hydrogens is 365 g/mol. The van der Waals surface area contributed by atoms with Gasteiger partial charge in [0.1, 0.15) is 0 Å². The molecule has 26 heavy (non-hydrogen) atoms. The molecule has 2 N–H and O–H groups in total. The first-order valence-corrected chi connectivity index (χ1v) is 8.67. The van der Waals surface area contributed by atoms with Crippen molar-refractivity contribution >= 4 is 12.4 Å². The monoisotopic (exact) mass is 386 g/mol. The van der Waals surface area contributed by atoms with Gasteiger partial charge in [0.2, 0.25) is 0 Å². The van der Waals surface area contributed by atoms with Crippen LogP contribution in [0.4, 0.5) is 13.2 Å². The Labute approximate surface area is 156 Å². The van der Waals surface area contributed by atoms with Crippen molar-refractivity contribution in [3.8, 4) is 11.3 Å². The zero-order valence-corrected chi connectivity index (χ0v) is 15.0. The van der Waals surface area contributed by atoms with Gasteiger partial charge in [-0.1, -0.05) is 18.6 Å². The summed E-state index contributed by atoms with van der Waals surface area (Å²) >= 11 is 0. The van der Waals surface area contributed by atoms with E-state index in [-0.39, 0.29) is 12.4 Å². The quantitative estimate of drug-likeness (QED) is 0.842. The van der Waals surface area contributed by atoms with Crippen LogP contribution < -0.4 is 5.32 Å². The van der Waals surface area contributed by atoms with Gasteiger partial charge < -0.3 is 5.32 Å². The van der Waals surface area contributed by atoms with Crippen molar-refractivity contribution in [3.63, 3.8) is 0 Å². The number of nitrogens with one attached hydrogen (secondary N) is 2. The molecule has 8 heteroatoms. The molecule has 1 aromatic heterocycles. The predicted molar refractivity (Wildman–Crippen MR) is 96.1 cm³/mol. The molecule has 2 aliphatic rings. The van der Waals surface area contributed by atoms with Crippen LogP contribution in [0.3, 0.4) is 0 Å². The van der Waals surface area contributed by atoms with Crippen LogP contribution in [0.25, 0.3) is 11.3 Å². The smallest absolute Gasteiger partial charge is 0.309 e. The molecule has 2 fully saturated rings. The van der Waals surface area contributed by atoms with Crippen LogP contribution in [-0.2, 0) is 12.7 Å². The summed E-state index contributed by atoms with van der Waals surface area (Å²) in [6.45, 7) is 2.78. The van der Waals surface area contributed by atoms with Gasteiger partial charge in [-0.25, -0.2) is 0 Å². The van der Waals surface area contributed by atoms with Gasteiger partial charge >= 0.3 is 6.18 Å². The maximum Gasteiger partial charge on any atom is 0.416 e. The van der Waals surface area contributed by atoms with Crippen LogP contribution in [0.1, 0.15) is 30.4 Å². The second-order valence-electron chi connectivity index (χ2n) is 7.03. The average molecular weight is 387 g/mol. The molecule has 0 spiro atoms. The fourth-order valence-electron chi connectivity index (χ4n) is 3.97. The van der Waals surface area contributed by atoms with Crippen molar-refractivity contribution in [2.75, 3.05) is 13.1 Å². The summed E-state index contributed by atoms with van der Waals surface area (Å²) in [5, 5.41) is 10.7. The van der Waals surface area contributed by atoms with Crippen LogP contribution in [-0.4, -0.2) is 40.3 Å². The summed E-state index contributed by atoms with van der Waals surface area (Å²) in [6, 6.07) is 6.35. The van der Waals surface area contributed by atoms with Crippen LogP contribution in [0.15, 0.2) is 30.5 Å². The lowest BCUT2D eigenvalue weighted by Gasteiger charge is -2.42. The number of aromatic amines is 1. The molecule has 2 atom stereocenters. The number of piperidine rings is 1. The maximum atomic E-state index is 12.7. The first-order chi connectivity index (χ1) is 12.0. The number of alkyl halides is 3. The SMILES string of the molecule is Cl.FC(F)(F)c1ccc(-c2[nH]ncc2CN2CC3CCCC(C2)N3)cc1. The molecule has 0 amide bonds. The highest BCUT2D eigenvalue weighted by Gasteiger charge is 2.31. The third-order valence-electron chi connectivity index (χ3n) is 5.15. The molecule has 1 aromatic carbocycles. The zero-order chi connectivity index (χ0) is 17.4. The average Bonchev–Trinajstić information content (AvgIpc) is 3.02. The molecule has 0 aliphatic carbocycles. The summed E-state index contributed by atoms with van der Waals surface area (Å²) in [5.41, 5.74) is 1.93. The number of halogens is 4. The zero-order valence-electron chi connectivity index (χ0n) is 14.2. The Bertz CT molecular complexity index is 717. The van der Waals surface area contributed by atoms with Gasteiger partial charge in [0, 0.05) is 37.3 Å². The highest BCUT2D eigenvalue weighted by Crippen LogP contribution is 2.31. The van der Waals surface area contributed by atoms with E-state index in [9.17, 15) is 13.2 Å². The predicted octanol–water partition coefficient (Wildman–Crippen LogP) is 3.84. The number of fused-ring (bicyclic) bond motifs is 2. The molecule has 4 nitrogen and oxygen atoms in total. The van der Waals surface area contributed by atoms with Gasteiger partial charge in [0.05, 0.1) is 17.5 Å². The van der Waals surface area contributed by atoms with E-state index in [2.05, 4.69) is 20.4 Å². The number of H-pyrrole nitrogens is 1. The number of nitrogens with zero attached hydrogens (tertiary/aromatic N) is 2. The summed E-state index contributed by atoms with van der Waals surface area (Å²) in [7, 11) is 0. The molecule has 142 valence electrons. The van der Waals surface area contributed by atoms with Gasteiger partial charge in [-0.05, 0) is 30.5 Å². The molecule has 2 aliphatic heterocycles. The van der Waals surface area contributed by atoms with Gasteiger partial charge in [-0.15, -0.1) is 12.4 Å². The molecule has 2 unspecified atom stereocenters. The molecule has 0 saturated carbocycles. The molecule has 4 rings (SSSR count). The summed E-state index contributed by atoms with van der Waals surface area (Å²) in [6.07, 6.45) is 1.19. The van der Waals surface area contributed by atoms with Crippen LogP contribution >= 0.6 is 12.4 Å². The molecule has 0 radical (unpaired) electrons. The standard InChI is InChI=1S/C18H21F3N4.ClH/c19-18(20,21)14-6-4-12(5-7-14)17-13(8-22-24-17)9-25-10-15-2-1-3-16(11-25)23-15;/h4-8,15-16,23H,1-3,9-11H2,(H,22,24);1H. The van der Waals surface area contributed by atoms with E-state index in [4.69, 9.17) is 0 Å². The highest BCUT2D eigenvalue weighted by atomic mass is 35.5. The van der Waals surface area contributed by atoms with E-state index in [1.807, 2.05) is 0 Å². The minimum Gasteiger partial charge on any atom is -0.309 e. The van der Waals surface area contributed by atoms with E-state index >= 15 is 0 Å². The van der Waals surface area contributed by atoms with E-state index in [0.29, 0.717) is 12.1 Å². The Morgan fingerprint density at radius 3 is 2.35 bits per heavy atom. The summed E-state index contributed by atoms with van der Waals surface area (Å²) in [5.74, 6) is 0. The van der Waals surface area contributed by atoms with E-state index in [0.717, 1.165) is 48.6 Å². The number of hydrogen-bond donors (Lipinski definition) is 2. The minimum absolute atomic E-state index is 0. The topological polar surface area (TPSA) is 44.0 Å². The summed E-state index contributed by atoms with van der Waals surface area (Å²) in [4.78, 5) is 2.42. The lowest BCUT2D eigenvalue weighted by Crippen LogP contribution is -2.58. The van der Waals surface area contributed by atoms with Crippen molar-refractivity contribution in [2.24, 2.45) is 0 Å². The van der Waals surface area contributed by atoms with E-state index < -0.39 is 11.7 Å². The number of likely N-dealkylation sites (tertiary alicyclic amines) is 1. The van der Waals surface area contributed by atoms with Crippen molar-refractivity contribution in [2.45, 2.75) is 44.1 Å². The van der Waals surface area contributed by atoms with E-state index in [1.54, 1.807) is 6.20 Å². The van der Waals surface area contributed by atoms with Crippen LogP contribution in [0.5, 0.6) is 0 Å². The first kappa shape index (κ1) is 19.2. The van der Waals surface area contributed by atoms with Crippen molar-refractivity contribution in [1.82, 2.24) is 20.4 Å². The largest absolute Gasteiger partial charge is 0.416 e. The Kier molecular flexibility index (Phi) is 5.60. The van der Waals surface area contributed by atoms with Gasteiger partial charge in [-0.3, -0.25) is 10.00 Å². The number of aromatic nitrogens is 2. The number of rotatable bonds is 3. The highest BCUT2D eigenvalue weighted by molar-refractivity contribution is 5.85. The number of benzene rings is 1. The molecular formula is C18H22ClF3N4. The fourth-order valence-corrected chi connectivity index (χ4v) is 3.97. The molecule has 3 heterocycles. The fraction of sp³-hybridized carbons (Fsp3) is 0.500. The van der Waals surface area contributed by atoms with Gasteiger partial charge in [-0.2, -0.15) is 18.3 Å². The van der Waals surface area contributed by atoms with E-state index in [1.165, 1.54) is 31.4 Å². The van der Waals surface area contributed by atoms with Crippen LogP contribution in [0.2, 0.25) is 0 Å². The Morgan fingerprint density at radius 1 is 1.08 bits per heavy atom. The normalized spacial score (nSPS) is 23.5. The van der Waals surface area contributed by atoms with Crippen molar-refractivity contribution in [1.29, 1.82) is 0 Å². The Balaban J connectivity index is 0.00000196. The number of piperazine rings is 1. The van der Waals surface area contributed by atoms with Gasteiger partial charge in [0.15, 0.2) is 0 Å². The van der Waals surface area contributed by atoms with Crippen molar-refractivity contribution < 1.29 is 13.2 Å².